The number of aliphatic hydroxyl groups is 4. The van der Waals surface area contributed by atoms with E-state index in [4.69, 9.17) is 20.4 Å². The number of hydrogen-bond donors (Lipinski definition) is 4. The lowest BCUT2D eigenvalue weighted by molar-refractivity contribution is -0.117. The molecule has 0 bridgehead atoms. The summed E-state index contributed by atoms with van der Waals surface area (Å²) in [6.07, 6.45) is -5.55. The highest BCUT2D eigenvalue weighted by Crippen LogP contribution is 2.20. The van der Waals surface area contributed by atoms with E-state index in [2.05, 4.69) is 4.74 Å². The normalized spacial score (nSPS) is 29.0. The predicted molar refractivity (Wildman–Crippen MR) is 35.0 cm³/mol. The van der Waals surface area contributed by atoms with Crippen LogP contribution in [0.5, 0.6) is 0 Å². The summed E-state index contributed by atoms with van der Waals surface area (Å²) in [6, 6.07) is 0. The van der Waals surface area contributed by atoms with Crippen LogP contribution in [0.15, 0.2) is 0 Å². The second kappa shape index (κ2) is 3.36. The third-order valence-electron chi connectivity index (χ3n) is 1.66. The second-order valence-corrected chi connectivity index (χ2v) is 2.59. The Balaban J connectivity index is 2.40. The molecule has 6 nitrogen and oxygen atoms in total. The Morgan fingerprint density at radius 2 is 1.92 bits per heavy atom. The fraction of sp³-hybridized carbons (Fsp3) is 0.833. The van der Waals surface area contributed by atoms with Gasteiger partial charge in [0.05, 0.1) is 6.61 Å². The molecule has 0 amide bonds. The number of cyclic esters (lactones) is 1. The molecule has 1 heterocycles. The third kappa shape index (κ3) is 1.72. The lowest BCUT2D eigenvalue weighted by Crippen LogP contribution is -2.42. The Kier molecular flexibility index (Phi) is 2.63. The maximum atomic E-state index is 10.3. The van der Waals surface area contributed by atoms with Crippen LogP contribution in [0, 0.1) is 0 Å². The van der Waals surface area contributed by atoms with E-state index in [-0.39, 0.29) is 0 Å². The van der Waals surface area contributed by atoms with E-state index in [1.807, 2.05) is 0 Å². The van der Waals surface area contributed by atoms with Crippen LogP contribution in [0.4, 0.5) is 0 Å². The quantitative estimate of drug-likeness (QED) is 0.341. The zero-order chi connectivity index (χ0) is 9.30. The van der Waals surface area contributed by atoms with Crippen molar-refractivity contribution in [1.29, 1.82) is 0 Å². The van der Waals surface area contributed by atoms with Crippen LogP contribution < -0.4 is 0 Å². The van der Waals surface area contributed by atoms with Gasteiger partial charge in [0.25, 0.3) is 0 Å². The van der Waals surface area contributed by atoms with Crippen molar-refractivity contribution >= 4 is 5.97 Å². The van der Waals surface area contributed by atoms with Crippen molar-refractivity contribution in [2.24, 2.45) is 0 Å². The van der Waals surface area contributed by atoms with Crippen molar-refractivity contribution in [2.45, 2.75) is 24.4 Å². The van der Waals surface area contributed by atoms with E-state index >= 15 is 0 Å². The average molecular weight is 178 g/mol. The molecule has 0 spiro atoms. The van der Waals surface area contributed by atoms with Crippen molar-refractivity contribution < 1.29 is 30.0 Å². The van der Waals surface area contributed by atoms with Crippen LogP contribution in [-0.4, -0.2) is 57.4 Å². The first-order valence-electron chi connectivity index (χ1n) is 3.43. The highest BCUT2D eigenvalue weighted by molar-refractivity contribution is 5.88. The van der Waals surface area contributed by atoms with E-state index in [1.54, 1.807) is 0 Å². The van der Waals surface area contributed by atoms with Gasteiger partial charge in [-0.2, -0.15) is 0 Å². The molecule has 1 rings (SSSR count). The fourth-order valence-corrected chi connectivity index (χ4v) is 0.815. The van der Waals surface area contributed by atoms with Crippen LogP contribution in [-0.2, 0) is 9.53 Å². The number of carbonyl (C=O) groups excluding carboxylic acids is 1. The molecular formula is C6H10O6. The molecule has 4 unspecified atom stereocenters. The first kappa shape index (κ1) is 9.40. The van der Waals surface area contributed by atoms with Crippen LogP contribution in [0.2, 0.25) is 0 Å². The highest BCUT2D eigenvalue weighted by Gasteiger charge is 2.48. The Morgan fingerprint density at radius 3 is 2.25 bits per heavy atom. The maximum Gasteiger partial charge on any atom is 0.351 e. The SMILES string of the molecule is O=C1OC1C(O)C(O)C(O)CO. The van der Waals surface area contributed by atoms with Gasteiger partial charge >= 0.3 is 5.97 Å². The summed E-state index contributed by atoms with van der Waals surface area (Å²) >= 11 is 0. The standard InChI is InChI=1S/C6H10O6/c7-1-2(8)3(9)4(10)5-6(11)12-5/h2-5,7-10H,1H2. The Hall–Kier alpha value is -0.690. The number of ether oxygens (including phenoxy) is 1. The molecule has 70 valence electrons. The van der Waals surface area contributed by atoms with E-state index < -0.39 is 37.0 Å². The molecule has 1 aliphatic heterocycles. The minimum Gasteiger partial charge on any atom is -0.445 e. The van der Waals surface area contributed by atoms with Gasteiger partial charge in [0, 0.05) is 0 Å². The lowest BCUT2D eigenvalue weighted by atomic mass is 10.1. The molecule has 12 heavy (non-hydrogen) atoms. The maximum absolute atomic E-state index is 10.3. The molecule has 4 N–H and O–H groups in total. The number of carbonyl (C=O) groups is 1. The van der Waals surface area contributed by atoms with Crippen LogP contribution in [0.3, 0.4) is 0 Å². The summed E-state index contributed by atoms with van der Waals surface area (Å²) in [5.74, 6) is -0.619. The molecule has 0 saturated carbocycles. The predicted octanol–water partition coefficient (Wildman–Crippen LogP) is -3.01. The molecule has 1 aliphatic rings. The van der Waals surface area contributed by atoms with Crippen molar-refractivity contribution in [3.8, 4) is 0 Å². The Morgan fingerprint density at radius 1 is 1.42 bits per heavy atom. The zero-order valence-electron chi connectivity index (χ0n) is 6.12. The largest absolute Gasteiger partial charge is 0.445 e. The molecule has 0 radical (unpaired) electrons. The molecule has 0 aliphatic carbocycles. The number of aliphatic hydroxyl groups excluding tert-OH is 4. The van der Waals surface area contributed by atoms with E-state index in [0.29, 0.717) is 0 Å². The monoisotopic (exact) mass is 178 g/mol. The Labute approximate surface area is 68.0 Å². The average Bonchev–Trinajstić information content (AvgIpc) is 2.78. The number of hydrogen-bond acceptors (Lipinski definition) is 6. The fourth-order valence-electron chi connectivity index (χ4n) is 0.815. The van der Waals surface area contributed by atoms with Crippen LogP contribution in [0.25, 0.3) is 0 Å². The number of epoxide rings is 1. The molecular weight excluding hydrogens is 168 g/mol. The molecule has 0 aromatic rings. The first-order valence-corrected chi connectivity index (χ1v) is 3.43. The van der Waals surface area contributed by atoms with Gasteiger partial charge < -0.3 is 25.2 Å². The number of rotatable bonds is 4. The van der Waals surface area contributed by atoms with E-state index in [9.17, 15) is 4.79 Å². The van der Waals surface area contributed by atoms with E-state index in [1.165, 1.54) is 0 Å². The van der Waals surface area contributed by atoms with Crippen LogP contribution >= 0.6 is 0 Å². The summed E-state index contributed by atoms with van der Waals surface area (Å²) in [7, 11) is 0. The van der Waals surface area contributed by atoms with Gasteiger partial charge in [-0.1, -0.05) is 0 Å². The summed E-state index contributed by atoms with van der Waals surface area (Å²) in [6.45, 7) is -0.681. The highest BCUT2D eigenvalue weighted by atomic mass is 16.7. The topological polar surface area (TPSA) is 111 Å². The molecule has 4 atom stereocenters. The molecule has 1 saturated heterocycles. The summed E-state index contributed by atoms with van der Waals surface area (Å²) in [5, 5.41) is 35.3. The van der Waals surface area contributed by atoms with Gasteiger partial charge in [-0.3, -0.25) is 0 Å². The summed E-state index contributed by atoms with van der Waals surface area (Å²) in [5.41, 5.74) is 0. The van der Waals surface area contributed by atoms with Crippen molar-refractivity contribution in [2.75, 3.05) is 6.61 Å². The van der Waals surface area contributed by atoms with Crippen LogP contribution in [0.1, 0.15) is 0 Å². The van der Waals surface area contributed by atoms with Gasteiger partial charge in [-0.15, -0.1) is 0 Å². The summed E-state index contributed by atoms with van der Waals surface area (Å²) < 4.78 is 4.25. The van der Waals surface area contributed by atoms with Gasteiger partial charge in [0.2, 0.25) is 6.10 Å². The first-order chi connectivity index (χ1) is 5.57. The summed E-state index contributed by atoms with van der Waals surface area (Å²) in [4.78, 5) is 10.3. The molecule has 1 fully saturated rings. The van der Waals surface area contributed by atoms with Gasteiger partial charge in [0.1, 0.15) is 18.3 Å². The zero-order valence-corrected chi connectivity index (χ0v) is 6.12. The van der Waals surface area contributed by atoms with Crippen molar-refractivity contribution in [3.05, 3.63) is 0 Å². The second-order valence-electron chi connectivity index (χ2n) is 2.59. The molecule has 6 heteroatoms. The molecule has 0 aromatic carbocycles. The van der Waals surface area contributed by atoms with Gasteiger partial charge in [-0.25, -0.2) is 4.79 Å². The minimum absolute atomic E-state index is 0.619. The minimum atomic E-state index is -1.56. The lowest BCUT2D eigenvalue weighted by Gasteiger charge is -2.18. The van der Waals surface area contributed by atoms with Gasteiger partial charge in [0.15, 0.2) is 0 Å². The van der Waals surface area contributed by atoms with Crippen molar-refractivity contribution in [1.82, 2.24) is 0 Å². The van der Waals surface area contributed by atoms with Crippen molar-refractivity contribution in [3.63, 3.8) is 0 Å². The Bertz CT molecular complexity index is 181. The van der Waals surface area contributed by atoms with E-state index in [0.717, 1.165) is 0 Å². The van der Waals surface area contributed by atoms with Gasteiger partial charge in [-0.05, 0) is 0 Å². The third-order valence-corrected chi connectivity index (χ3v) is 1.66. The molecule has 0 aromatic heterocycles. The smallest absolute Gasteiger partial charge is 0.351 e.